The Morgan fingerprint density at radius 3 is 2.83 bits per heavy atom. The number of thiazole rings is 1. The summed E-state index contributed by atoms with van der Waals surface area (Å²) in [4.78, 5) is 13.0. The van der Waals surface area contributed by atoms with Crippen LogP contribution in [0.5, 0.6) is 0 Å². The molecular formula is C18H33N5S. The molecule has 1 aliphatic heterocycles. The van der Waals surface area contributed by atoms with E-state index in [4.69, 9.17) is 4.99 Å². The molecule has 1 aromatic rings. The van der Waals surface area contributed by atoms with E-state index in [9.17, 15) is 0 Å². The molecule has 0 aliphatic carbocycles. The highest BCUT2D eigenvalue weighted by Crippen LogP contribution is 2.15. The third-order valence-corrected chi connectivity index (χ3v) is 5.40. The van der Waals surface area contributed by atoms with Gasteiger partial charge in [0, 0.05) is 37.1 Å². The van der Waals surface area contributed by atoms with Gasteiger partial charge in [-0.3, -0.25) is 4.99 Å². The van der Waals surface area contributed by atoms with Gasteiger partial charge < -0.3 is 15.5 Å². The highest BCUT2D eigenvalue weighted by Gasteiger charge is 2.14. The largest absolute Gasteiger partial charge is 0.357 e. The van der Waals surface area contributed by atoms with Crippen LogP contribution in [0.25, 0.3) is 0 Å². The second-order valence-electron chi connectivity index (χ2n) is 6.68. The summed E-state index contributed by atoms with van der Waals surface area (Å²) in [5.41, 5.74) is 0. The fourth-order valence-electron chi connectivity index (χ4n) is 2.92. The Morgan fingerprint density at radius 1 is 1.38 bits per heavy atom. The monoisotopic (exact) mass is 351 g/mol. The van der Waals surface area contributed by atoms with Gasteiger partial charge in [0.2, 0.25) is 0 Å². The van der Waals surface area contributed by atoms with E-state index < -0.39 is 0 Å². The van der Waals surface area contributed by atoms with Crippen molar-refractivity contribution in [3.05, 3.63) is 16.1 Å². The predicted octanol–water partition coefficient (Wildman–Crippen LogP) is 2.67. The maximum Gasteiger partial charge on any atom is 0.191 e. The molecule has 0 radical (unpaired) electrons. The van der Waals surface area contributed by atoms with Gasteiger partial charge in [-0.05, 0) is 58.7 Å². The number of aryl methyl sites for hydroxylation is 1. The molecule has 2 heterocycles. The number of nitrogens with one attached hydrogen (secondary N) is 2. The number of aliphatic imine (C=N–C) groups is 1. The predicted molar refractivity (Wildman–Crippen MR) is 104 cm³/mol. The molecule has 1 fully saturated rings. The first-order chi connectivity index (χ1) is 11.7. The van der Waals surface area contributed by atoms with Crippen molar-refractivity contribution in [3.8, 4) is 0 Å². The second-order valence-corrected chi connectivity index (χ2v) is 8.00. The molecule has 0 spiro atoms. The first-order valence-electron chi connectivity index (χ1n) is 9.33. The smallest absolute Gasteiger partial charge is 0.191 e. The summed E-state index contributed by atoms with van der Waals surface area (Å²) >= 11 is 1.77. The summed E-state index contributed by atoms with van der Waals surface area (Å²) in [6.07, 6.45) is 6.74. The quantitative estimate of drug-likeness (QED) is 0.429. The summed E-state index contributed by atoms with van der Waals surface area (Å²) in [5.74, 6) is 1.84. The van der Waals surface area contributed by atoms with Gasteiger partial charge in [-0.2, -0.15) is 0 Å². The molecule has 0 aromatic carbocycles. The van der Waals surface area contributed by atoms with Crippen molar-refractivity contribution in [2.24, 2.45) is 10.9 Å². The first-order valence-corrected chi connectivity index (χ1v) is 10.1. The van der Waals surface area contributed by atoms with Crippen LogP contribution in [0.3, 0.4) is 0 Å². The summed E-state index contributed by atoms with van der Waals surface area (Å²) in [6.45, 7) is 12.9. The van der Waals surface area contributed by atoms with Gasteiger partial charge in [0.15, 0.2) is 5.96 Å². The molecular weight excluding hydrogens is 318 g/mol. The number of likely N-dealkylation sites (tertiary alicyclic amines) is 1. The highest BCUT2D eigenvalue weighted by atomic mass is 32.1. The zero-order valence-corrected chi connectivity index (χ0v) is 16.3. The van der Waals surface area contributed by atoms with Crippen molar-refractivity contribution in [1.29, 1.82) is 0 Å². The lowest BCUT2D eigenvalue weighted by molar-refractivity contribution is 0.192. The molecule has 0 atom stereocenters. The molecule has 0 amide bonds. The Labute approximate surface area is 151 Å². The van der Waals surface area contributed by atoms with Gasteiger partial charge in [-0.25, -0.2) is 4.98 Å². The van der Waals surface area contributed by atoms with Crippen LogP contribution in [0.2, 0.25) is 0 Å². The van der Waals surface area contributed by atoms with Crippen molar-refractivity contribution in [2.45, 2.75) is 46.5 Å². The maximum atomic E-state index is 4.70. The summed E-state index contributed by atoms with van der Waals surface area (Å²) in [5, 5.41) is 7.93. The van der Waals surface area contributed by atoms with Gasteiger partial charge in [-0.15, -0.1) is 11.3 Å². The lowest BCUT2D eigenvalue weighted by Crippen LogP contribution is -2.38. The van der Waals surface area contributed by atoms with E-state index in [-0.39, 0.29) is 0 Å². The van der Waals surface area contributed by atoms with Gasteiger partial charge in [0.05, 0.1) is 5.01 Å². The fourth-order valence-corrected chi connectivity index (χ4v) is 3.70. The molecule has 0 saturated carbocycles. The molecule has 5 nitrogen and oxygen atoms in total. The molecule has 0 bridgehead atoms. The van der Waals surface area contributed by atoms with Crippen molar-refractivity contribution >= 4 is 17.3 Å². The van der Waals surface area contributed by atoms with Crippen LogP contribution in [-0.2, 0) is 6.42 Å². The lowest BCUT2D eigenvalue weighted by Gasteiger charge is -2.29. The minimum Gasteiger partial charge on any atom is -0.357 e. The Bertz CT molecular complexity index is 491. The van der Waals surface area contributed by atoms with Crippen LogP contribution in [0.4, 0.5) is 0 Å². The van der Waals surface area contributed by atoms with Gasteiger partial charge >= 0.3 is 0 Å². The Morgan fingerprint density at radius 2 is 2.17 bits per heavy atom. The van der Waals surface area contributed by atoms with E-state index >= 15 is 0 Å². The Hall–Kier alpha value is -1.14. The summed E-state index contributed by atoms with van der Waals surface area (Å²) < 4.78 is 0. The molecule has 1 aromatic heterocycles. The topological polar surface area (TPSA) is 52.6 Å². The third kappa shape index (κ3) is 7.18. The number of piperidine rings is 1. The van der Waals surface area contributed by atoms with Crippen LogP contribution < -0.4 is 10.6 Å². The van der Waals surface area contributed by atoms with Crippen molar-refractivity contribution in [2.75, 3.05) is 39.3 Å². The average molecular weight is 352 g/mol. The van der Waals surface area contributed by atoms with E-state index in [1.807, 2.05) is 6.20 Å². The molecule has 6 heteroatoms. The van der Waals surface area contributed by atoms with Crippen LogP contribution >= 0.6 is 11.3 Å². The van der Waals surface area contributed by atoms with E-state index in [0.717, 1.165) is 44.4 Å². The van der Waals surface area contributed by atoms with Gasteiger partial charge in [0.1, 0.15) is 0 Å². The normalized spacial score (nSPS) is 17.2. The SMILES string of the molecule is CCNC(=NCCCN1CCC(C)CC1)NCCc1ncc(C)s1. The fraction of sp³-hybridized carbons (Fsp3) is 0.778. The lowest BCUT2D eigenvalue weighted by atomic mass is 9.99. The molecule has 136 valence electrons. The molecule has 0 unspecified atom stereocenters. The number of hydrogen-bond acceptors (Lipinski definition) is 4. The van der Waals surface area contributed by atoms with Crippen LogP contribution in [0, 0.1) is 12.8 Å². The number of aromatic nitrogens is 1. The van der Waals surface area contributed by atoms with Crippen molar-refractivity contribution in [3.63, 3.8) is 0 Å². The van der Waals surface area contributed by atoms with Gasteiger partial charge in [-0.1, -0.05) is 6.92 Å². The van der Waals surface area contributed by atoms with E-state index in [0.29, 0.717) is 0 Å². The molecule has 2 N–H and O–H groups in total. The van der Waals surface area contributed by atoms with Crippen molar-refractivity contribution in [1.82, 2.24) is 20.5 Å². The molecule has 2 rings (SSSR count). The van der Waals surface area contributed by atoms with Crippen LogP contribution in [-0.4, -0.2) is 55.1 Å². The van der Waals surface area contributed by atoms with E-state index in [1.54, 1.807) is 11.3 Å². The third-order valence-electron chi connectivity index (χ3n) is 4.42. The zero-order valence-electron chi connectivity index (χ0n) is 15.5. The van der Waals surface area contributed by atoms with E-state index in [1.165, 1.54) is 42.4 Å². The van der Waals surface area contributed by atoms with Gasteiger partial charge in [0.25, 0.3) is 0 Å². The number of hydrogen-bond donors (Lipinski definition) is 2. The maximum absolute atomic E-state index is 4.70. The average Bonchev–Trinajstić information content (AvgIpc) is 2.98. The number of rotatable bonds is 8. The summed E-state index contributed by atoms with van der Waals surface area (Å²) in [7, 11) is 0. The Balaban J connectivity index is 1.64. The standard InChI is InChI=1S/C18H33N5S/c1-4-19-18(21-10-6-17-22-14-16(3)24-17)20-9-5-11-23-12-7-15(2)8-13-23/h14-15H,4-13H2,1-3H3,(H2,19,20,21). The highest BCUT2D eigenvalue weighted by molar-refractivity contribution is 7.11. The van der Waals surface area contributed by atoms with Crippen molar-refractivity contribution < 1.29 is 0 Å². The molecule has 1 aliphatic rings. The minimum absolute atomic E-state index is 0.878. The molecule has 24 heavy (non-hydrogen) atoms. The number of guanidine groups is 1. The molecule has 1 saturated heterocycles. The Kier molecular flexibility index (Phi) is 8.53. The zero-order chi connectivity index (χ0) is 17.2. The first kappa shape index (κ1) is 19.2. The second kappa shape index (κ2) is 10.7. The van der Waals surface area contributed by atoms with Crippen LogP contribution in [0.1, 0.15) is 43.0 Å². The summed E-state index contributed by atoms with van der Waals surface area (Å²) in [6, 6.07) is 0. The van der Waals surface area contributed by atoms with Crippen LogP contribution in [0.15, 0.2) is 11.2 Å². The minimum atomic E-state index is 0.878. The van der Waals surface area contributed by atoms with E-state index in [2.05, 4.69) is 41.3 Å². The number of nitrogens with zero attached hydrogens (tertiary/aromatic N) is 3.